The standard InChI is InChI=1S/C10H18N4O2/c1-14(2)6-4-5-11-9-8(16-3)10(15)13-7-12-9/h7H,4-6H2,1-3H3,(H2,11,12,13,15). The second kappa shape index (κ2) is 6.12. The van der Waals surface area contributed by atoms with Gasteiger partial charge >= 0.3 is 0 Å². The lowest BCUT2D eigenvalue weighted by atomic mass is 10.4. The Morgan fingerprint density at radius 3 is 2.94 bits per heavy atom. The molecule has 0 saturated carbocycles. The summed E-state index contributed by atoms with van der Waals surface area (Å²) >= 11 is 0. The Bertz CT molecular complexity index is 375. The molecule has 90 valence electrons. The zero-order valence-electron chi connectivity index (χ0n) is 9.91. The lowest BCUT2D eigenvalue weighted by Crippen LogP contribution is -2.18. The van der Waals surface area contributed by atoms with E-state index in [0.29, 0.717) is 5.82 Å². The predicted octanol–water partition coefficient (Wildman–Crippen LogP) is 0.142. The minimum Gasteiger partial charge on any atom is -0.489 e. The summed E-state index contributed by atoms with van der Waals surface area (Å²) in [6.07, 6.45) is 2.34. The van der Waals surface area contributed by atoms with Crippen LogP contribution in [0.15, 0.2) is 11.1 Å². The van der Waals surface area contributed by atoms with Crippen LogP contribution < -0.4 is 15.6 Å². The highest BCUT2D eigenvalue weighted by Crippen LogP contribution is 2.13. The summed E-state index contributed by atoms with van der Waals surface area (Å²) in [6, 6.07) is 0. The topological polar surface area (TPSA) is 70.2 Å². The summed E-state index contributed by atoms with van der Waals surface area (Å²) in [5.74, 6) is 0.720. The van der Waals surface area contributed by atoms with Crippen LogP contribution in [0.5, 0.6) is 5.75 Å². The molecule has 6 nitrogen and oxygen atoms in total. The predicted molar refractivity (Wildman–Crippen MR) is 63.1 cm³/mol. The molecule has 0 spiro atoms. The van der Waals surface area contributed by atoms with Crippen molar-refractivity contribution in [1.82, 2.24) is 14.9 Å². The van der Waals surface area contributed by atoms with E-state index in [1.807, 2.05) is 14.1 Å². The van der Waals surface area contributed by atoms with Crippen LogP contribution in [-0.2, 0) is 0 Å². The van der Waals surface area contributed by atoms with Gasteiger partial charge in [0.15, 0.2) is 5.82 Å². The lowest BCUT2D eigenvalue weighted by molar-refractivity contribution is 0.401. The highest BCUT2D eigenvalue weighted by molar-refractivity contribution is 5.47. The Labute approximate surface area is 94.6 Å². The Morgan fingerprint density at radius 2 is 2.31 bits per heavy atom. The molecule has 1 aromatic rings. The first-order valence-corrected chi connectivity index (χ1v) is 5.15. The summed E-state index contributed by atoms with van der Waals surface area (Å²) in [7, 11) is 5.50. The number of nitrogens with zero attached hydrogens (tertiary/aromatic N) is 2. The number of aromatic amines is 1. The molecule has 0 fully saturated rings. The van der Waals surface area contributed by atoms with Crippen LogP contribution in [0.3, 0.4) is 0 Å². The van der Waals surface area contributed by atoms with Crippen molar-refractivity contribution in [2.75, 3.05) is 39.6 Å². The molecule has 1 aromatic heterocycles. The number of anilines is 1. The summed E-state index contributed by atoms with van der Waals surface area (Å²) in [6.45, 7) is 1.74. The third-order valence-corrected chi connectivity index (χ3v) is 2.09. The summed E-state index contributed by atoms with van der Waals surface area (Å²) in [4.78, 5) is 19.9. The third-order valence-electron chi connectivity index (χ3n) is 2.09. The molecule has 0 aliphatic rings. The van der Waals surface area contributed by atoms with Crippen LogP contribution in [0.1, 0.15) is 6.42 Å². The van der Waals surface area contributed by atoms with E-state index in [-0.39, 0.29) is 11.3 Å². The highest BCUT2D eigenvalue weighted by Gasteiger charge is 2.07. The minimum atomic E-state index is -0.271. The van der Waals surface area contributed by atoms with E-state index in [0.717, 1.165) is 19.5 Å². The number of hydrogen-bond donors (Lipinski definition) is 2. The van der Waals surface area contributed by atoms with Crippen LogP contribution in [-0.4, -0.2) is 49.2 Å². The maximum atomic E-state index is 11.3. The van der Waals surface area contributed by atoms with Gasteiger partial charge in [-0.15, -0.1) is 0 Å². The molecule has 2 N–H and O–H groups in total. The van der Waals surface area contributed by atoms with Gasteiger partial charge in [-0.2, -0.15) is 0 Å². The monoisotopic (exact) mass is 226 g/mol. The zero-order valence-corrected chi connectivity index (χ0v) is 9.91. The van der Waals surface area contributed by atoms with E-state index in [1.165, 1.54) is 13.4 Å². The van der Waals surface area contributed by atoms with E-state index in [1.54, 1.807) is 0 Å². The van der Waals surface area contributed by atoms with Crippen molar-refractivity contribution in [2.45, 2.75) is 6.42 Å². The van der Waals surface area contributed by atoms with Crippen LogP contribution >= 0.6 is 0 Å². The molecular formula is C10H18N4O2. The lowest BCUT2D eigenvalue weighted by Gasteiger charge is -2.11. The van der Waals surface area contributed by atoms with Gasteiger partial charge in [0.25, 0.3) is 5.56 Å². The number of methoxy groups -OCH3 is 1. The minimum absolute atomic E-state index is 0.229. The zero-order chi connectivity index (χ0) is 12.0. The van der Waals surface area contributed by atoms with Gasteiger partial charge < -0.3 is 19.9 Å². The van der Waals surface area contributed by atoms with Gasteiger partial charge in [0.2, 0.25) is 5.75 Å². The van der Waals surface area contributed by atoms with Crippen molar-refractivity contribution in [3.63, 3.8) is 0 Å². The van der Waals surface area contributed by atoms with Gasteiger partial charge in [0.05, 0.1) is 13.4 Å². The number of nitrogens with one attached hydrogen (secondary N) is 2. The van der Waals surface area contributed by atoms with Crippen molar-refractivity contribution in [1.29, 1.82) is 0 Å². The van der Waals surface area contributed by atoms with Gasteiger partial charge in [-0.05, 0) is 27.1 Å². The van der Waals surface area contributed by atoms with Gasteiger partial charge in [0.1, 0.15) is 0 Å². The number of hydrogen-bond acceptors (Lipinski definition) is 5. The van der Waals surface area contributed by atoms with E-state index in [9.17, 15) is 4.79 Å². The molecule has 0 radical (unpaired) electrons. The third kappa shape index (κ3) is 3.54. The number of H-pyrrole nitrogens is 1. The van der Waals surface area contributed by atoms with Crippen molar-refractivity contribution < 1.29 is 4.74 Å². The van der Waals surface area contributed by atoms with Gasteiger partial charge in [-0.25, -0.2) is 4.98 Å². The molecule has 6 heteroatoms. The Morgan fingerprint density at radius 1 is 1.56 bits per heavy atom. The average Bonchev–Trinajstić information content (AvgIpc) is 2.24. The summed E-state index contributed by atoms with van der Waals surface area (Å²) < 4.78 is 4.98. The van der Waals surface area contributed by atoms with Crippen LogP contribution in [0.2, 0.25) is 0 Å². The second-order valence-corrected chi connectivity index (χ2v) is 3.70. The molecule has 1 heterocycles. The van der Waals surface area contributed by atoms with Crippen molar-refractivity contribution in [2.24, 2.45) is 0 Å². The highest BCUT2D eigenvalue weighted by atomic mass is 16.5. The Balaban J connectivity index is 2.53. The van der Waals surface area contributed by atoms with Gasteiger partial charge in [-0.1, -0.05) is 0 Å². The first-order valence-electron chi connectivity index (χ1n) is 5.15. The van der Waals surface area contributed by atoms with Crippen molar-refractivity contribution >= 4 is 5.82 Å². The number of ether oxygens (including phenoxy) is 1. The number of aromatic nitrogens is 2. The molecule has 0 amide bonds. The smallest absolute Gasteiger partial charge is 0.295 e. The van der Waals surface area contributed by atoms with E-state index >= 15 is 0 Å². The van der Waals surface area contributed by atoms with Gasteiger partial charge in [-0.3, -0.25) is 4.79 Å². The molecule has 16 heavy (non-hydrogen) atoms. The average molecular weight is 226 g/mol. The first-order chi connectivity index (χ1) is 7.65. The quantitative estimate of drug-likeness (QED) is 0.675. The van der Waals surface area contributed by atoms with E-state index in [2.05, 4.69) is 20.2 Å². The van der Waals surface area contributed by atoms with Crippen LogP contribution in [0, 0.1) is 0 Å². The SMILES string of the molecule is COc1c(NCCCN(C)C)nc[nH]c1=O. The van der Waals surface area contributed by atoms with Crippen LogP contribution in [0.25, 0.3) is 0 Å². The fraction of sp³-hybridized carbons (Fsp3) is 0.600. The fourth-order valence-electron chi connectivity index (χ4n) is 1.30. The molecule has 0 aliphatic heterocycles. The molecule has 0 unspecified atom stereocenters. The largest absolute Gasteiger partial charge is 0.489 e. The summed E-state index contributed by atoms with van der Waals surface area (Å²) in [5.41, 5.74) is -0.271. The maximum Gasteiger partial charge on any atom is 0.295 e. The van der Waals surface area contributed by atoms with Gasteiger partial charge in [0, 0.05) is 6.54 Å². The normalized spacial score (nSPS) is 10.5. The molecule has 0 aromatic carbocycles. The second-order valence-electron chi connectivity index (χ2n) is 3.70. The van der Waals surface area contributed by atoms with Crippen LogP contribution in [0.4, 0.5) is 5.82 Å². The van der Waals surface area contributed by atoms with E-state index < -0.39 is 0 Å². The number of rotatable bonds is 6. The van der Waals surface area contributed by atoms with E-state index in [4.69, 9.17) is 4.74 Å². The van der Waals surface area contributed by atoms with Crippen molar-refractivity contribution in [3.8, 4) is 5.75 Å². The fourth-order valence-corrected chi connectivity index (χ4v) is 1.30. The summed E-state index contributed by atoms with van der Waals surface area (Å²) in [5, 5.41) is 3.08. The molecule has 1 rings (SSSR count). The molecular weight excluding hydrogens is 208 g/mol. The Kier molecular flexibility index (Phi) is 4.78. The maximum absolute atomic E-state index is 11.3. The Hall–Kier alpha value is -1.56. The first kappa shape index (κ1) is 12.5. The molecule has 0 bridgehead atoms. The molecule has 0 aliphatic carbocycles. The van der Waals surface area contributed by atoms with Crippen molar-refractivity contribution in [3.05, 3.63) is 16.7 Å². The molecule has 0 atom stereocenters. The molecule has 0 saturated heterocycles.